The molecule has 1 saturated carbocycles. The minimum Gasteiger partial charge on any atom is -0.472 e. The molecule has 212 valence electrons. The number of carbonyl (C=O) groups is 5. The summed E-state index contributed by atoms with van der Waals surface area (Å²) in [6.07, 6.45) is -4.71. The van der Waals surface area contributed by atoms with E-state index in [1.165, 1.54) is 20.3 Å². The van der Waals surface area contributed by atoms with E-state index < -0.39 is 66.8 Å². The molecule has 0 aromatic heterocycles. The van der Waals surface area contributed by atoms with Crippen LogP contribution in [0.4, 0.5) is 0 Å². The van der Waals surface area contributed by atoms with E-state index >= 15 is 0 Å². The molecule has 0 N–H and O–H groups in total. The van der Waals surface area contributed by atoms with Crippen LogP contribution in [-0.2, 0) is 61.9 Å². The van der Waals surface area contributed by atoms with Crippen LogP contribution in [0.3, 0.4) is 0 Å². The van der Waals surface area contributed by atoms with Gasteiger partial charge < -0.3 is 37.9 Å². The van der Waals surface area contributed by atoms with Crippen molar-refractivity contribution in [1.29, 1.82) is 0 Å². The highest BCUT2D eigenvalue weighted by Crippen LogP contribution is 2.47. The van der Waals surface area contributed by atoms with Crippen LogP contribution in [0.1, 0.15) is 47.5 Å². The Morgan fingerprint density at radius 1 is 0.842 bits per heavy atom. The molecule has 2 fully saturated rings. The van der Waals surface area contributed by atoms with Crippen LogP contribution in [0.25, 0.3) is 0 Å². The Hall–Kier alpha value is -3.19. The van der Waals surface area contributed by atoms with E-state index in [1.54, 1.807) is 0 Å². The summed E-state index contributed by atoms with van der Waals surface area (Å²) < 4.78 is 44.3. The Labute approximate surface area is 220 Å². The van der Waals surface area contributed by atoms with Crippen LogP contribution < -0.4 is 0 Å². The lowest BCUT2D eigenvalue weighted by Crippen LogP contribution is -2.63. The highest BCUT2D eigenvalue weighted by molar-refractivity contribution is 5.89. The van der Waals surface area contributed by atoms with E-state index in [0.717, 1.165) is 27.2 Å². The SMILES string of the molecule is COC(=O)C1=COC(OC2OC(COC(C)=O)C(OC(C)=O)C(OC(C)=O)C2OC(C)=O)C2C(C)CCC12. The molecular formula is C25H34O13. The molecule has 9 unspecified atom stereocenters. The molecule has 3 rings (SSSR count). The van der Waals surface area contributed by atoms with Crippen molar-refractivity contribution in [3.05, 3.63) is 11.8 Å². The first-order valence-corrected chi connectivity index (χ1v) is 12.3. The number of methoxy groups -OCH3 is 1. The third kappa shape index (κ3) is 6.81. The molecule has 0 radical (unpaired) electrons. The number of esters is 5. The lowest BCUT2D eigenvalue weighted by atomic mass is 9.83. The monoisotopic (exact) mass is 542 g/mol. The van der Waals surface area contributed by atoms with Gasteiger partial charge in [0.25, 0.3) is 0 Å². The average Bonchev–Trinajstić information content (AvgIpc) is 3.22. The van der Waals surface area contributed by atoms with Gasteiger partial charge in [-0.05, 0) is 18.8 Å². The van der Waals surface area contributed by atoms with E-state index in [-0.39, 0.29) is 24.4 Å². The fraction of sp³-hybridized carbons (Fsp3) is 0.720. The molecule has 0 amide bonds. The van der Waals surface area contributed by atoms with Gasteiger partial charge in [-0.2, -0.15) is 0 Å². The molecule has 0 aromatic carbocycles. The Morgan fingerprint density at radius 2 is 1.45 bits per heavy atom. The van der Waals surface area contributed by atoms with Crippen molar-refractivity contribution in [2.75, 3.05) is 13.7 Å². The van der Waals surface area contributed by atoms with Gasteiger partial charge in [-0.1, -0.05) is 6.92 Å². The first kappa shape index (κ1) is 29.4. The van der Waals surface area contributed by atoms with E-state index in [2.05, 4.69) is 0 Å². The van der Waals surface area contributed by atoms with Crippen molar-refractivity contribution in [2.24, 2.45) is 17.8 Å². The molecule has 0 spiro atoms. The molecule has 9 atom stereocenters. The zero-order valence-corrected chi connectivity index (χ0v) is 22.2. The molecule has 3 aliphatic rings. The Balaban J connectivity index is 1.97. The van der Waals surface area contributed by atoms with Crippen LogP contribution in [0.15, 0.2) is 11.8 Å². The summed E-state index contributed by atoms with van der Waals surface area (Å²) in [6.45, 7) is 6.22. The number of carbonyl (C=O) groups excluding carboxylic acids is 5. The van der Waals surface area contributed by atoms with Crippen molar-refractivity contribution < 1.29 is 61.9 Å². The van der Waals surface area contributed by atoms with Crippen LogP contribution in [0, 0.1) is 17.8 Å². The Morgan fingerprint density at radius 3 is 2.03 bits per heavy atom. The Kier molecular flexibility index (Phi) is 9.71. The highest BCUT2D eigenvalue weighted by atomic mass is 16.8. The third-order valence-electron chi connectivity index (χ3n) is 6.74. The molecule has 0 bridgehead atoms. The summed E-state index contributed by atoms with van der Waals surface area (Å²) in [5.74, 6) is -3.75. The van der Waals surface area contributed by atoms with Crippen molar-refractivity contribution in [3.63, 3.8) is 0 Å². The molecule has 13 nitrogen and oxygen atoms in total. The number of ether oxygens (including phenoxy) is 8. The molecule has 1 aliphatic carbocycles. The van der Waals surface area contributed by atoms with Crippen LogP contribution in [0.5, 0.6) is 0 Å². The van der Waals surface area contributed by atoms with Gasteiger partial charge in [-0.15, -0.1) is 0 Å². The van der Waals surface area contributed by atoms with Crippen molar-refractivity contribution in [3.8, 4) is 0 Å². The second-order valence-electron chi connectivity index (χ2n) is 9.51. The normalized spacial score (nSPS) is 34.1. The third-order valence-corrected chi connectivity index (χ3v) is 6.74. The molecule has 2 heterocycles. The fourth-order valence-electron chi connectivity index (χ4n) is 5.23. The van der Waals surface area contributed by atoms with Crippen molar-refractivity contribution in [1.82, 2.24) is 0 Å². The van der Waals surface area contributed by atoms with Gasteiger partial charge in [0.1, 0.15) is 12.7 Å². The minimum atomic E-state index is -1.39. The van der Waals surface area contributed by atoms with Crippen molar-refractivity contribution >= 4 is 29.8 Å². The fourth-order valence-corrected chi connectivity index (χ4v) is 5.23. The van der Waals surface area contributed by atoms with E-state index in [0.29, 0.717) is 12.0 Å². The molecular weight excluding hydrogens is 508 g/mol. The quantitative estimate of drug-likeness (QED) is 0.318. The molecule has 0 aromatic rings. The van der Waals surface area contributed by atoms with Gasteiger partial charge in [0, 0.05) is 39.5 Å². The standard InChI is InChI=1S/C25H34O13/c1-11-7-8-16-17(23(30)31-6)9-33-24(19(11)16)38-25-22(36-15(5)29)21(35-14(4)28)20(34-13(3)27)18(37-25)10-32-12(2)26/h9,11,16,18-22,24-25H,7-8,10H2,1-6H3. The maximum atomic E-state index is 12.3. The van der Waals surface area contributed by atoms with Gasteiger partial charge in [0.2, 0.25) is 12.6 Å². The van der Waals surface area contributed by atoms with Crippen LogP contribution in [0.2, 0.25) is 0 Å². The Bertz CT molecular complexity index is 959. The van der Waals surface area contributed by atoms with Gasteiger partial charge in [0.15, 0.2) is 18.3 Å². The topological polar surface area (TPSA) is 159 Å². The zero-order valence-electron chi connectivity index (χ0n) is 22.2. The lowest BCUT2D eigenvalue weighted by molar-refractivity contribution is -0.344. The van der Waals surface area contributed by atoms with Crippen LogP contribution >= 0.6 is 0 Å². The van der Waals surface area contributed by atoms with E-state index in [1.807, 2.05) is 6.92 Å². The number of rotatable bonds is 8. The lowest BCUT2D eigenvalue weighted by Gasteiger charge is -2.46. The van der Waals surface area contributed by atoms with E-state index in [4.69, 9.17) is 37.9 Å². The number of hydrogen-bond acceptors (Lipinski definition) is 13. The molecule has 1 saturated heterocycles. The maximum absolute atomic E-state index is 12.3. The van der Waals surface area contributed by atoms with E-state index in [9.17, 15) is 24.0 Å². The number of hydrogen-bond donors (Lipinski definition) is 0. The van der Waals surface area contributed by atoms with Gasteiger partial charge >= 0.3 is 29.8 Å². The average molecular weight is 543 g/mol. The maximum Gasteiger partial charge on any atom is 0.337 e. The summed E-state index contributed by atoms with van der Waals surface area (Å²) in [4.78, 5) is 59.8. The summed E-state index contributed by atoms with van der Waals surface area (Å²) in [5, 5.41) is 0. The zero-order chi connectivity index (χ0) is 28.1. The molecule has 38 heavy (non-hydrogen) atoms. The summed E-state index contributed by atoms with van der Waals surface area (Å²) in [5.41, 5.74) is 0.392. The predicted molar refractivity (Wildman–Crippen MR) is 123 cm³/mol. The largest absolute Gasteiger partial charge is 0.472 e. The summed E-state index contributed by atoms with van der Waals surface area (Å²) in [7, 11) is 1.29. The first-order chi connectivity index (χ1) is 17.9. The van der Waals surface area contributed by atoms with Gasteiger partial charge in [-0.25, -0.2) is 4.79 Å². The summed E-state index contributed by atoms with van der Waals surface area (Å²) >= 11 is 0. The minimum absolute atomic E-state index is 0.0871. The summed E-state index contributed by atoms with van der Waals surface area (Å²) in [6, 6.07) is 0. The predicted octanol–water partition coefficient (Wildman–Crippen LogP) is 1.16. The second kappa shape index (κ2) is 12.6. The van der Waals surface area contributed by atoms with Crippen molar-refractivity contribution in [2.45, 2.75) is 84.5 Å². The van der Waals surface area contributed by atoms with Gasteiger partial charge in [-0.3, -0.25) is 19.2 Å². The molecule has 13 heteroatoms. The molecule has 2 aliphatic heterocycles. The van der Waals surface area contributed by atoms with Gasteiger partial charge in [0.05, 0.1) is 18.9 Å². The number of fused-ring (bicyclic) bond motifs is 1. The second-order valence-corrected chi connectivity index (χ2v) is 9.51. The first-order valence-electron chi connectivity index (χ1n) is 12.3. The van der Waals surface area contributed by atoms with Crippen LogP contribution in [-0.4, -0.2) is 80.6 Å². The highest BCUT2D eigenvalue weighted by Gasteiger charge is 2.55. The smallest absolute Gasteiger partial charge is 0.337 e.